The van der Waals surface area contributed by atoms with Crippen molar-refractivity contribution in [3.8, 4) is 0 Å². The fourth-order valence-corrected chi connectivity index (χ4v) is 7.03. The van der Waals surface area contributed by atoms with Crippen molar-refractivity contribution in [3.63, 3.8) is 0 Å². The first-order valence-corrected chi connectivity index (χ1v) is 23.5. The van der Waals surface area contributed by atoms with Gasteiger partial charge in [-0.2, -0.15) is 6.42 Å². The zero-order valence-corrected chi connectivity index (χ0v) is 39.4. The van der Waals surface area contributed by atoms with E-state index in [1.807, 2.05) is 0 Å². The van der Waals surface area contributed by atoms with Gasteiger partial charge in [-0.15, -0.1) is 0 Å². The number of aliphatic hydroxyl groups is 2. The summed E-state index contributed by atoms with van der Waals surface area (Å²) in [6, 6.07) is 0. The molecule has 0 aromatic heterocycles. The summed E-state index contributed by atoms with van der Waals surface area (Å²) in [4.78, 5) is 15.3. The average molecular weight is 923 g/mol. The predicted molar refractivity (Wildman–Crippen MR) is 229 cm³/mol. The van der Waals surface area contributed by atoms with Crippen molar-refractivity contribution in [2.24, 2.45) is 5.92 Å². The number of carbonyl (C=O) groups is 1. The van der Waals surface area contributed by atoms with E-state index in [9.17, 15) is 9.90 Å². The molecule has 0 radical (unpaired) electrons. The largest absolute Gasteiger partial charge is 0.465 e. The Balaban J connectivity index is -0.00000123. The minimum atomic E-state index is -0.0250. The van der Waals surface area contributed by atoms with E-state index in [-0.39, 0.29) is 39.1 Å². The number of carbonyl (C=O) groups excluding carboxylic acids is 1. The van der Waals surface area contributed by atoms with Crippen LogP contribution >= 0.6 is 0 Å². The molecule has 0 fully saturated rings. The molecule has 0 aromatic rings. The fourth-order valence-electron chi connectivity index (χ4n) is 7.03. The van der Waals surface area contributed by atoms with Gasteiger partial charge in [-0.05, 0) is 77.4 Å². The van der Waals surface area contributed by atoms with Crippen molar-refractivity contribution in [2.45, 2.75) is 252 Å². The Morgan fingerprint density at radius 2 is 0.868 bits per heavy atom. The van der Waals surface area contributed by atoms with Crippen LogP contribution in [0.25, 0.3) is 0 Å². The van der Waals surface area contributed by atoms with Crippen LogP contribution in [0, 0.1) is 12.8 Å². The van der Waals surface area contributed by atoms with Gasteiger partial charge in [0.15, 0.2) is 0 Å². The molecule has 0 aliphatic heterocycles. The summed E-state index contributed by atoms with van der Waals surface area (Å²) >= 11 is 0. The summed E-state index contributed by atoms with van der Waals surface area (Å²) in [5, 5.41) is 18.8. The monoisotopic (exact) mass is 923 g/mol. The molecule has 0 aliphatic rings. The second kappa shape index (κ2) is 50.1. The van der Waals surface area contributed by atoms with Crippen molar-refractivity contribution in [1.82, 2.24) is 4.90 Å². The summed E-state index contributed by atoms with van der Waals surface area (Å²) in [6.45, 7) is 17.2. The first-order valence-electron chi connectivity index (χ1n) is 23.5. The third kappa shape index (κ3) is 46.3. The van der Waals surface area contributed by atoms with Crippen molar-refractivity contribution >= 4 is 5.97 Å². The van der Waals surface area contributed by atoms with Gasteiger partial charge in [-0.3, -0.25) is 4.79 Å². The van der Waals surface area contributed by atoms with Crippen LogP contribution in [0.15, 0.2) is 0 Å². The zero-order chi connectivity index (χ0) is 38.6. The van der Waals surface area contributed by atoms with Crippen molar-refractivity contribution in [1.29, 1.82) is 0 Å². The maximum absolute atomic E-state index is 12.8. The van der Waals surface area contributed by atoms with E-state index in [4.69, 9.17) is 9.84 Å². The van der Waals surface area contributed by atoms with Crippen LogP contribution in [0.1, 0.15) is 246 Å². The van der Waals surface area contributed by atoms with Gasteiger partial charge in [0.2, 0.25) is 0 Å². The molecule has 53 heavy (non-hydrogen) atoms. The number of rotatable bonds is 41. The van der Waals surface area contributed by atoms with E-state index < -0.39 is 0 Å². The second-order valence-electron chi connectivity index (χ2n) is 15.9. The maximum atomic E-state index is 12.8. The topological polar surface area (TPSA) is 70.0 Å². The van der Waals surface area contributed by atoms with Crippen LogP contribution < -0.4 is 0 Å². The van der Waals surface area contributed by atoms with E-state index in [0.29, 0.717) is 13.2 Å². The Hall–Kier alpha value is 0.0383. The van der Waals surface area contributed by atoms with E-state index >= 15 is 0 Å². The normalized spacial score (nSPS) is 12.3. The van der Waals surface area contributed by atoms with Gasteiger partial charge in [0.25, 0.3) is 0 Å². The maximum Gasteiger partial charge on any atom is 0.308 e. The Kier molecular flexibility index (Phi) is 54.2. The first-order chi connectivity index (χ1) is 25.5. The van der Waals surface area contributed by atoms with Crippen LogP contribution in [0.2, 0.25) is 0 Å². The minimum Gasteiger partial charge on any atom is -0.465 e. The summed E-state index contributed by atoms with van der Waals surface area (Å²) in [6.07, 6.45) is 41.0. The number of aliphatic hydroxyl groups excluding tert-OH is 2. The van der Waals surface area contributed by atoms with Gasteiger partial charge in [0.05, 0.1) is 18.6 Å². The molecule has 0 bridgehead atoms. The molecule has 6 heteroatoms. The summed E-state index contributed by atoms with van der Waals surface area (Å²) in [5.74, 6) is 0.182. The Labute approximate surface area is 348 Å². The zero-order valence-electron chi connectivity index (χ0n) is 36.5. The standard InChI is InChI=1S/C32H64NO3.C15H32O.W/c1-4-7-10-13-14-18-25-31(24-17-11-8-5-2)32(35)36-30-23-16-15-20-27-33(28-21-22-29-34)26-19-12-9-6-3;1-3-5-7-9-10-12-14-15(16)13-11-8-6-4-2;/h31,34H,3-30H2,1-2H3;15-16H,3-14H2,1-2H3;/q-1;;. The molecule has 0 saturated heterocycles. The molecule has 0 aromatic carbocycles. The number of hydrogen-bond donors (Lipinski definition) is 2. The predicted octanol–water partition coefficient (Wildman–Crippen LogP) is 14.0. The molecular formula is C47H96NO4W-. The van der Waals surface area contributed by atoms with Gasteiger partial charge in [0.1, 0.15) is 0 Å². The molecule has 0 saturated carbocycles. The molecule has 2 atom stereocenters. The third-order valence-electron chi connectivity index (χ3n) is 10.6. The fraction of sp³-hybridized carbons (Fsp3) is 0.957. The van der Waals surface area contributed by atoms with Crippen molar-refractivity contribution < 1.29 is 40.8 Å². The van der Waals surface area contributed by atoms with Crippen LogP contribution in [-0.2, 0) is 30.6 Å². The van der Waals surface area contributed by atoms with E-state index in [1.165, 1.54) is 161 Å². The SMILES string of the molecule is CCCCCCCCC(O)CCCCCC.[CH2-]CCCCCN(CCCCO)CCCCCCOC(=O)C(CCCCCC)CCCCCCCC.[W]. The molecule has 0 spiro atoms. The summed E-state index contributed by atoms with van der Waals surface area (Å²) < 4.78 is 5.75. The van der Waals surface area contributed by atoms with E-state index in [0.717, 1.165) is 77.3 Å². The average Bonchev–Trinajstić information content (AvgIpc) is 3.15. The van der Waals surface area contributed by atoms with Crippen LogP contribution in [0.5, 0.6) is 0 Å². The van der Waals surface area contributed by atoms with Gasteiger partial charge < -0.3 is 26.8 Å². The Bertz CT molecular complexity index is 666. The van der Waals surface area contributed by atoms with Gasteiger partial charge in [0, 0.05) is 27.7 Å². The Morgan fingerprint density at radius 1 is 0.509 bits per heavy atom. The molecule has 0 aliphatic carbocycles. The van der Waals surface area contributed by atoms with E-state index in [1.54, 1.807) is 0 Å². The van der Waals surface area contributed by atoms with Crippen molar-refractivity contribution in [3.05, 3.63) is 6.92 Å². The first kappa shape index (κ1) is 57.4. The van der Waals surface area contributed by atoms with Crippen LogP contribution in [0.3, 0.4) is 0 Å². The number of esters is 1. The second-order valence-corrected chi connectivity index (χ2v) is 15.9. The summed E-state index contributed by atoms with van der Waals surface area (Å²) in [7, 11) is 0. The minimum absolute atomic E-state index is 0. The number of hydrogen-bond acceptors (Lipinski definition) is 5. The third-order valence-corrected chi connectivity index (χ3v) is 10.6. The van der Waals surface area contributed by atoms with Crippen LogP contribution in [-0.4, -0.2) is 60.0 Å². The molecule has 320 valence electrons. The van der Waals surface area contributed by atoms with Gasteiger partial charge >= 0.3 is 5.97 Å². The number of nitrogens with zero attached hydrogens (tertiary/aromatic N) is 1. The van der Waals surface area contributed by atoms with Gasteiger partial charge in [-0.25, -0.2) is 0 Å². The number of unbranched alkanes of at least 4 members (excludes halogenated alkanes) is 23. The quantitative estimate of drug-likeness (QED) is 0.0363. The van der Waals surface area contributed by atoms with E-state index in [2.05, 4.69) is 39.5 Å². The van der Waals surface area contributed by atoms with Gasteiger partial charge in [-0.1, -0.05) is 182 Å². The Morgan fingerprint density at radius 3 is 1.32 bits per heavy atom. The number of ether oxygens (including phenoxy) is 1. The molecule has 0 rings (SSSR count). The van der Waals surface area contributed by atoms with Crippen molar-refractivity contribution in [2.75, 3.05) is 32.8 Å². The molecule has 0 amide bonds. The molecule has 0 heterocycles. The smallest absolute Gasteiger partial charge is 0.308 e. The molecule has 5 nitrogen and oxygen atoms in total. The summed E-state index contributed by atoms with van der Waals surface area (Å²) in [5.41, 5.74) is 0. The molecular weight excluding hydrogens is 826 g/mol. The van der Waals surface area contributed by atoms with Crippen LogP contribution in [0.4, 0.5) is 0 Å². The molecule has 2 unspecified atom stereocenters. The molecule has 2 N–H and O–H groups in total.